The zero-order valence-electron chi connectivity index (χ0n) is 7.55. The largest absolute Gasteiger partial charge is 0.496 e. The lowest BCUT2D eigenvalue weighted by atomic mass is 10.1. The monoisotopic (exact) mass is 201 g/mol. The number of hydrogen-bond acceptors (Lipinski definition) is 1. The van der Waals surface area contributed by atoms with Crippen molar-refractivity contribution in [2.45, 2.75) is 12.5 Å². The summed E-state index contributed by atoms with van der Waals surface area (Å²) in [7, 11) is -1.78. The standard InChI is InChI=1S/C9H11F2OSi/c1-7(13(10)11)8-5-3-4-6-9(8)12-2/h3-7H,1-2H3. The first kappa shape index (κ1) is 10.2. The Balaban J connectivity index is 2.98. The van der Waals surface area contributed by atoms with Gasteiger partial charge in [-0.05, 0) is 11.6 Å². The van der Waals surface area contributed by atoms with E-state index in [0.29, 0.717) is 11.3 Å². The zero-order valence-corrected chi connectivity index (χ0v) is 8.55. The number of rotatable bonds is 3. The van der Waals surface area contributed by atoms with Gasteiger partial charge >= 0.3 is 9.46 Å². The Morgan fingerprint density at radius 1 is 1.31 bits per heavy atom. The molecule has 1 aromatic carbocycles. The quantitative estimate of drug-likeness (QED) is 0.539. The number of halogens is 2. The molecule has 0 heterocycles. The average Bonchev–Trinajstić information content (AvgIpc) is 2.16. The van der Waals surface area contributed by atoms with E-state index in [-0.39, 0.29) is 0 Å². The van der Waals surface area contributed by atoms with Gasteiger partial charge in [0, 0.05) is 5.54 Å². The maximum absolute atomic E-state index is 12.5. The molecule has 1 nitrogen and oxygen atoms in total. The molecular formula is C9H11F2OSi. The van der Waals surface area contributed by atoms with E-state index in [0.717, 1.165) is 0 Å². The molecule has 0 spiro atoms. The van der Waals surface area contributed by atoms with E-state index in [1.54, 1.807) is 24.3 Å². The van der Waals surface area contributed by atoms with E-state index in [1.807, 2.05) is 0 Å². The number of methoxy groups -OCH3 is 1. The summed E-state index contributed by atoms with van der Waals surface area (Å²) in [5.74, 6) is 0.549. The molecule has 1 rings (SSSR count). The lowest BCUT2D eigenvalue weighted by Gasteiger charge is -2.12. The van der Waals surface area contributed by atoms with Gasteiger partial charge in [-0.15, -0.1) is 0 Å². The van der Waals surface area contributed by atoms with Crippen molar-refractivity contribution in [3.8, 4) is 5.75 Å². The van der Waals surface area contributed by atoms with Crippen molar-refractivity contribution >= 4 is 9.46 Å². The second kappa shape index (κ2) is 4.37. The summed E-state index contributed by atoms with van der Waals surface area (Å²) in [6.07, 6.45) is 0. The highest BCUT2D eigenvalue weighted by Crippen LogP contribution is 2.28. The lowest BCUT2D eigenvalue weighted by Crippen LogP contribution is -2.11. The van der Waals surface area contributed by atoms with Crippen LogP contribution in [0.3, 0.4) is 0 Å². The Hall–Kier alpha value is -0.903. The van der Waals surface area contributed by atoms with E-state index in [1.165, 1.54) is 14.0 Å². The van der Waals surface area contributed by atoms with Crippen molar-refractivity contribution in [3.63, 3.8) is 0 Å². The summed E-state index contributed by atoms with van der Waals surface area (Å²) in [6, 6.07) is 6.92. The fourth-order valence-corrected chi connectivity index (χ4v) is 1.62. The first-order valence-corrected chi connectivity index (χ1v) is 5.31. The third-order valence-corrected chi connectivity index (χ3v) is 2.90. The third kappa shape index (κ3) is 2.27. The Morgan fingerprint density at radius 2 is 1.92 bits per heavy atom. The van der Waals surface area contributed by atoms with Crippen molar-refractivity contribution in [2.75, 3.05) is 7.11 Å². The topological polar surface area (TPSA) is 9.23 Å². The van der Waals surface area contributed by atoms with E-state index < -0.39 is 15.0 Å². The molecule has 0 bridgehead atoms. The Labute approximate surface area is 78.3 Å². The van der Waals surface area contributed by atoms with Crippen LogP contribution in [0.15, 0.2) is 24.3 Å². The normalized spacial score (nSPS) is 13.0. The Bertz CT molecular complexity index is 278. The molecule has 0 aliphatic rings. The highest BCUT2D eigenvalue weighted by molar-refractivity contribution is 6.44. The molecule has 71 valence electrons. The fraction of sp³-hybridized carbons (Fsp3) is 0.333. The summed E-state index contributed by atoms with van der Waals surface area (Å²) in [6.45, 7) is 1.53. The minimum atomic E-state index is -3.28. The molecule has 1 atom stereocenters. The molecule has 4 heteroatoms. The minimum absolute atomic E-state index is 0.549. The van der Waals surface area contributed by atoms with Crippen LogP contribution in [0, 0.1) is 0 Å². The molecule has 0 fully saturated rings. The van der Waals surface area contributed by atoms with Crippen LogP contribution in [0.4, 0.5) is 8.22 Å². The molecule has 0 aliphatic heterocycles. The minimum Gasteiger partial charge on any atom is -0.496 e. The predicted molar refractivity (Wildman–Crippen MR) is 49.4 cm³/mol. The Kier molecular flexibility index (Phi) is 3.42. The number of benzene rings is 1. The van der Waals surface area contributed by atoms with Crippen molar-refractivity contribution in [1.29, 1.82) is 0 Å². The fourth-order valence-electron chi connectivity index (χ4n) is 1.14. The van der Waals surface area contributed by atoms with E-state index in [4.69, 9.17) is 4.74 Å². The molecule has 1 aromatic rings. The van der Waals surface area contributed by atoms with E-state index in [2.05, 4.69) is 0 Å². The van der Waals surface area contributed by atoms with Gasteiger partial charge in [0.05, 0.1) is 7.11 Å². The molecule has 1 radical (unpaired) electrons. The highest BCUT2D eigenvalue weighted by atomic mass is 28.4. The maximum Gasteiger partial charge on any atom is 0.484 e. The van der Waals surface area contributed by atoms with Crippen LogP contribution >= 0.6 is 0 Å². The van der Waals surface area contributed by atoms with Gasteiger partial charge in [-0.3, -0.25) is 8.22 Å². The van der Waals surface area contributed by atoms with Gasteiger partial charge in [0.25, 0.3) is 0 Å². The van der Waals surface area contributed by atoms with Gasteiger partial charge in [-0.1, -0.05) is 25.1 Å². The van der Waals surface area contributed by atoms with Gasteiger partial charge < -0.3 is 4.74 Å². The molecule has 0 aromatic heterocycles. The van der Waals surface area contributed by atoms with Gasteiger partial charge in [0.1, 0.15) is 5.75 Å². The second-order valence-electron chi connectivity index (χ2n) is 2.75. The SMILES string of the molecule is COc1ccccc1C(C)[Si](F)F. The van der Waals surface area contributed by atoms with Gasteiger partial charge in [-0.2, -0.15) is 0 Å². The van der Waals surface area contributed by atoms with Crippen molar-refractivity contribution in [3.05, 3.63) is 29.8 Å². The summed E-state index contributed by atoms with van der Waals surface area (Å²) >= 11 is 0. The molecule has 0 saturated heterocycles. The number of hydrogen-bond donors (Lipinski definition) is 0. The first-order valence-electron chi connectivity index (χ1n) is 3.97. The number of para-hydroxylation sites is 1. The molecule has 0 amide bonds. The predicted octanol–water partition coefficient (Wildman–Crippen LogP) is 2.77. The van der Waals surface area contributed by atoms with Crippen molar-refractivity contribution in [1.82, 2.24) is 0 Å². The summed E-state index contributed by atoms with van der Waals surface area (Å²) in [4.78, 5) is 0. The zero-order chi connectivity index (χ0) is 9.84. The lowest BCUT2D eigenvalue weighted by molar-refractivity contribution is 0.408. The highest BCUT2D eigenvalue weighted by Gasteiger charge is 2.25. The first-order chi connectivity index (χ1) is 6.16. The van der Waals surface area contributed by atoms with Crippen LogP contribution in [-0.4, -0.2) is 16.6 Å². The Morgan fingerprint density at radius 3 is 2.46 bits per heavy atom. The molecular weight excluding hydrogens is 190 g/mol. The van der Waals surface area contributed by atoms with Crippen LogP contribution < -0.4 is 4.74 Å². The van der Waals surface area contributed by atoms with Gasteiger partial charge in [-0.25, -0.2) is 0 Å². The van der Waals surface area contributed by atoms with Crippen LogP contribution in [0.5, 0.6) is 5.75 Å². The molecule has 0 aliphatic carbocycles. The van der Waals surface area contributed by atoms with Crippen LogP contribution in [0.2, 0.25) is 0 Å². The summed E-state index contributed by atoms with van der Waals surface area (Å²) < 4.78 is 30.0. The van der Waals surface area contributed by atoms with Crippen molar-refractivity contribution in [2.24, 2.45) is 0 Å². The second-order valence-corrected chi connectivity index (χ2v) is 4.20. The average molecular weight is 201 g/mol. The molecule has 0 saturated carbocycles. The number of ether oxygens (including phenoxy) is 1. The van der Waals surface area contributed by atoms with Gasteiger partial charge in [0.15, 0.2) is 0 Å². The molecule has 0 N–H and O–H groups in total. The summed E-state index contributed by atoms with van der Waals surface area (Å²) in [5, 5.41) is 0. The van der Waals surface area contributed by atoms with Gasteiger partial charge in [0.2, 0.25) is 0 Å². The maximum atomic E-state index is 12.5. The van der Waals surface area contributed by atoms with Crippen molar-refractivity contribution < 1.29 is 13.0 Å². The van der Waals surface area contributed by atoms with Crippen LogP contribution in [-0.2, 0) is 0 Å². The van der Waals surface area contributed by atoms with E-state index >= 15 is 0 Å². The van der Waals surface area contributed by atoms with Crippen LogP contribution in [0.1, 0.15) is 18.0 Å². The summed E-state index contributed by atoms with van der Waals surface area (Å²) in [5.41, 5.74) is -0.0787. The van der Waals surface area contributed by atoms with Crippen LogP contribution in [0.25, 0.3) is 0 Å². The molecule has 13 heavy (non-hydrogen) atoms. The molecule has 1 unspecified atom stereocenters. The smallest absolute Gasteiger partial charge is 0.484 e. The van der Waals surface area contributed by atoms with E-state index in [9.17, 15) is 8.22 Å². The third-order valence-electron chi connectivity index (χ3n) is 1.93.